The third kappa shape index (κ3) is 7.39. The van der Waals surface area contributed by atoms with Crippen LogP contribution < -0.4 is 20.1 Å². The number of fused-ring (bicyclic) bond motifs is 5. The highest BCUT2D eigenvalue weighted by Gasteiger charge is 2.26. The smallest absolute Gasteiger partial charge is 0.273 e. The number of hydrogen-bond donors (Lipinski definition) is 2. The van der Waals surface area contributed by atoms with Crippen LogP contribution in [0.1, 0.15) is 38.9 Å². The van der Waals surface area contributed by atoms with E-state index in [1.807, 2.05) is 43.3 Å². The number of nitrogens with zero attached hydrogens (tertiary/aromatic N) is 3. The van der Waals surface area contributed by atoms with Crippen molar-refractivity contribution in [1.82, 2.24) is 25.5 Å². The third-order valence-electron chi connectivity index (χ3n) is 6.96. The second-order valence-electron chi connectivity index (χ2n) is 10.1. The Hall–Kier alpha value is -4.71. The predicted octanol–water partition coefficient (Wildman–Crippen LogP) is 3.69. The monoisotopic (exact) mass is 603 g/mol. The van der Waals surface area contributed by atoms with Gasteiger partial charge in [-0.15, -0.1) is 11.3 Å². The van der Waals surface area contributed by atoms with Crippen molar-refractivity contribution in [2.45, 2.75) is 39.3 Å². The quantitative estimate of drug-likeness (QED) is 0.361. The van der Waals surface area contributed by atoms with E-state index >= 15 is 0 Å². The van der Waals surface area contributed by atoms with Crippen LogP contribution in [0.2, 0.25) is 0 Å². The molecule has 1 aliphatic rings. The average Bonchev–Trinajstić information content (AvgIpc) is 3.61. The Labute approximate surface area is 253 Å². The van der Waals surface area contributed by atoms with E-state index in [2.05, 4.69) is 20.6 Å². The van der Waals surface area contributed by atoms with Crippen molar-refractivity contribution < 1.29 is 28.3 Å². The fourth-order valence-electron chi connectivity index (χ4n) is 4.72. The Morgan fingerprint density at radius 2 is 1.95 bits per heavy atom. The molecule has 0 fully saturated rings. The van der Waals surface area contributed by atoms with Gasteiger partial charge in [0.05, 0.1) is 31.8 Å². The van der Waals surface area contributed by atoms with Crippen LogP contribution >= 0.6 is 11.3 Å². The second kappa shape index (κ2) is 13.5. The number of ether oxygens (including phenoxy) is 2. The zero-order valence-electron chi connectivity index (χ0n) is 24.2. The van der Waals surface area contributed by atoms with E-state index in [-0.39, 0.29) is 50.2 Å². The Bertz CT molecular complexity index is 1600. The summed E-state index contributed by atoms with van der Waals surface area (Å²) in [7, 11) is 1.55. The number of carbonyl (C=O) groups is 3. The number of aryl methyl sites for hydroxylation is 2. The van der Waals surface area contributed by atoms with E-state index in [0.29, 0.717) is 40.8 Å². The van der Waals surface area contributed by atoms with Crippen molar-refractivity contribution in [3.63, 3.8) is 0 Å². The van der Waals surface area contributed by atoms with Gasteiger partial charge in [-0.2, -0.15) is 0 Å². The zero-order chi connectivity index (χ0) is 30.3. The lowest BCUT2D eigenvalue weighted by Gasteiger charge is -2.24. The minimum Gasteiger partial charge on any atom is -0.493 e. The maximum absolute atomic E-state index is 13.4. The number of aromatic nitrogens is 2. The number of carbonyl (C=O) groups excluding carboxylic acids is 3. The molecule has 43 heavy (non-hydrogen) atoms. The predicted molar refractivity (Wildman–Crippen MR) is 160 cm³/mol. The molecule has 11 nitrogen and oxygen atoms in total. The van der Waals surface area contributed by atoms with Gasteiger partial charge < -0.3 is 29.4 Å². The van der Waals surface area contributed by atoms with Crippen LogP contribution in [0.5, 0.6) is 11.5 Å². The Balaban J connectivity index is 1.45. The summed E-state index contributed by atoms with van der Waals surface area (Å²) in [5.74, 6) is 0.737. The van der Waals surface area contributed by atoms with Crippen LogP contribution in [0.15, 0.2) is 58.3 Å². The molecule has 3 heterocycles. The number of hydrogen-bond acceptors (Lipinski definition) is 9. The van der Waals surface area contributed by atoms with E-state index in [1.54, 1.807) is 31.5 Å². The number of thiazole rings is 1. The first-order valence-corrected chi connectivity index (χ1v) is 14.8. The molecule has 0 spiro atoms. The topological polar surface area (TPSA) is 136 Å². The molecule has 0 unspecified atom stereocenters. The Morgan fingerprint density at radius 3 is 2.70 bits per heavy atom. The molecule has 0 saturated carbocycles. The fraction of sp³-hybridized carbons (Fsp3) is 0.323. The minimum absolute atomic E-state index is 0.0998. The molecular weight excluding hydrogens is 570 g/mol. The van der Waals surface area contributed by atoms with Crippen LogP contribution in [0.25, 0.3) is 11.5 Å². The molecule has 2 N–H and O–H groups in total. The molecule has 2 aromatic heterocycles. The summed E-state index contributed by atoms with van der Waals surface area (Å²) in [5, 5.41) is 8.16. The van der Waals surface area contributed by atoms with Gasteiger partial charge in [-0.25, -0.2) is 9.97 Å². The molecule has 5 rings (SSSR count). The Morgan fingerprint density at radius 1 is 1.14 bits per heavy atom. The summed E-state index contributed by atoms with van der Waals surface area (Å²) in [6.07, 6.45) is 0.689. The minimum atomic E-state index is -0.883. The van der Waals surface area contributed by atoms with Gasteiger partial charge in [-0.3, -0.25) is 14.4 Å². The molecule has 4 aromatic rings. The van der Waals surface area contributed by atoms with Crippen LogP contribution in [0, 0.1) is 13.8 Å². The average molecular weight is 604 g/mol. The summed E-state index contributed by atoms with van der Waals surface area (Å²) in [4.78, 5) is 50.5. The van der Waals surface area contributed by atoms with Gasteiger partial charge in [-0.1, -0.05) is 30.3 Å². The number of nitrogens with one attached hydrogen (secondary N) is 2. The molecular formula is C31H33N5O6S. The largest absolute Gasteiger partial charge is 0.493 e. The van der Waals surface area contributed by atoms with Crippen LogP contribution in [0.3, 0.4) is 0 Å². The van der Waals surface area contributed by atoms with Crippen LogP contribution in [-0.4, -0.2) is 65.4 Å². The Kier molecular flexibility index (Phi) is 9.35. The van der Waals surface area contributed by atoms with Crippen molar-refractivity contribution in [2.75, 3.05) is 26.8 Å². The molecule has 0 saturated heterocycles. The van der Waals surface area contributed by atoms with Gasteiger partial charge >= 0.3 is 0 Å². The highest BCUT2D eigenvalue weighted by molar-refractivity contribution is 7.09. The fourth-order valence-corrected chi connectivity index (χ4v) is 5.30. The lowest BCUT2D eigenvalue weighted by Crippen LogP contribution is -2.51. The molecule has 3 amide bonds. The number of methoxy groups -OCH3 is 1. The van der Waals surface area contributed by atoms with Crippen molar-refractivity contribution >= 4 is 29.1 Å². The molecule has 1 aliphatic heterocycles. The summed E-state index contributed by atoms with van der Waals surface area (Å²) in [6.45, 7) is 3.91. The lowest BCUT2D eigenvalue weighted by atomic mass is 10.1. The first kappa shape index (κ1) is 29.8. The van der Waals surface area contributed by atoms with Gasteiger partial charge in [0.2, 0.25) is 17.7 Å². The van der Waals surface area contributed by atoms with E-state index in [4.69, 9.17) is 13.9 Å². The SMILES string of the molecule is COc1ccc2cc1OCCCN(C(=O)c1csc(C)n1)CC(=O)N[C@H](Cc1ccccc1)C(=O)NCc1nc-2oc1C. The maximum atomic E-state index is 13.4. The van der Waals surface area contributed by atoms with Crippen LogP contribution in [-0.2, 0) is 22.6 Å². The molecule has 224 valence electrons. The van der Waals surface area contributed by atoms with E-state index in [0.717, 1.165) is 10.6 Å². The first-order valence-electron chi connectivity index (χ1n) is 13.9. The number of rotatable bonds is 4. The standard InChI is InChI=1S/C31H33N5O6S/c1-19-24-16-32-29(38)23(14-21-8-5-4-6-9-21)34-28(37)17-36(31(39)25-18-43-20(2)33-25)12-7-13-41-27-15-22(30(35-24)42-19)10-11-26(27)40-3/h4-6,8-11,15,18,23H,7,12-14,16-17H2,1-3H3,(H,32,38)(H,34,37)/t23-/m1/s1. The molecule has 2 aromatic carbocycles. The number of benzene rings is 2. The summed E-state index contributed by atoms with van der Waals surface area (Å²) in [5.41, 5.74) is 2.39. The van der Waals surface area contributed by atoms with Gasteiger partial charge in [0.1, 0.15) is 23.2 Å². The van der Waals surface area contributed by atoms with Gasteiger partial charge in [0, 0.05) is 23.9 Å². The third-order valence-corrected chi connectivity index (χ3v) is 7.73. The lowest BCUT2D eigenvalue weighted by molar-refractivity contribution is -0.129. The summed E-state index contributed by atoms with van der Waals surface area (Å²) in [6, 6.07) is 13.9. The van der Waals surface area contributed by atoms with Crippen molar-refractivity contribution in [3.8, 4) is 23.0 Å². The van der Waals surface area contributed by atoms with Crippen molar-refractivity contribution in [1.29, 1.82) is 0 Å². The number of oxazole rings is 1. The normalized spacial score (nSPS) is 16.3. The van der Waals surface area contributed by atoms with Crippen LogP contribution in [0.4, 0.5) is 0 Å². The van der Waals surface area contributed by atoms with Gasteiger partial charge in [0.15, 0.2) is 11.5 Å². The molecule has 4 bridgehead atoms. The van der Waals surface area contributed by atoms with Crippen molar-refractivity contribution in [2.24, 2.45) is 0 Å². The summed E-state index contributed by atoms with van der Waals surface area (Å²) < 4.78 is 17.4. The van der Waals surface area contributed by atoms with E-state index in [9.17, 15) is 14.4 Å². The molecule has 12 heteroatoms. The zero-order valence-corrected chi connectivity index (χ0v) is 25.0. The van der Waals surface area contributed by atoms with Gasteiger partial charge in [0.25, 0.3) is 5.91 Å². The van der Waals surface area contributed by atoms with E-state index in [1.165, 1.54) is 16.2 Å². The molecule has 0 radical (unpaired) electrons. The van der Waals surface area contributed by atoms with Gasteiger partial charge in [-0.05, 0) is 44.0 Å². The summed E-state index contributed by atoms with van der Waals surface area (Å²) >= 11 is 1.36. The highest BCUT2D eigenvalue weighted by atomic mass is 32.1. The number of amides is 3. The second-order valence-corrected chi connectivity index (χ2v) is 11.2. The maximum Gasteiger partial charge on any atom is 0.273 e. The molecule has 1 atom stereocenters. The van der Waals surface area contributed by atoms with Crippen molar-refractivity contribution in [3.05, 3.63) is 81.6 Å². The molecule has 0 aliphatic carbocycles. The first-order chi connectivity index (χ1) is 20.8. The van der Waals surface area contributed by atoms with E-state index < -0.39 is 11.9 Å². The highest BCUT2D eigenvalue weighted by Crippen LogP contribution is 2.33.